The van der Waals surface area contributed by atoms with Crippen LogP contribution in [0.15, 0.2) is 0 Å². The molecular formula is C14H25N5O7S. The standard InChI is InChI=1S/C14H25N5O7S/c1-6(20)11(19-12(23)7(15)2-3-9(16)21)13(24)17-4-10(22)18-8(5-27)14(25)26/h6-8,11,20,27H,2-5,15H2,1H3,(H2,16,21)(H,17,24)(H,18,22)(H,19,23)(H,25,26). The van der Waals surface area contributed by atoms with Gasteiger partial charge < -0.3 is 37.6 Å². The first-order valence-corrected chi connectivity index (χ1v) is 8.55. The monoisotopic (exact) mass is 407 g/mol. The van der Waals surface area contributed by atoms with Crippen molar-refractivity contribution in [2.45, 2.75) is 44.0 Å². The lowest BCUT2D eigenvalue weighted by Gasteiger charge is -2.22. The van der Waals surface area contributed by atoms with E-state index in [0.717, 1.165) is 0 Å². The molecule has 0 bridgehead atoms. The maximum Gasteiger partial charge on any atom is 0.327 e. The van der Waals surface area contributed by atoms with E-state index in [1.807, 2.05) is 0 Å². The molecule has 154 valence electrons. The molecular weight excluding hydrogens is 382 g/mol. The average molecular weight is 407 g/mol. The Bertz CT molecular complexity index is 572. The molecule has 0 heterocycles. The SMILES string of the molecule is CC(O)C(NC(=O)C(N)CCC(N)=O)C(=O)NCC(=O)NC(CS)C(=O)O. The number of aliphatic hydroxyl groups is 1. The first kappa shape index (κ1) is 24.6. The lowest BCUT2D eigenvalue weighted by molar-refractivity contribution is -0.141. The van der Waals surface area contributed by atoms with Gasteiger partial charge in [-0.25, -0.2) is 4.79 Å². The number of thiol groups is 1. The minimum atomic E-state index is -1.41. The second-order valence-electron chi connectivity index (χ2n) is 5.70. The molecule has 0 aliphatic rings. The molecule has 0 saturated carbocycles. The molecule has 0 aliphatic heterocycles. The van der Waals surface area contributed by atoms with Crippen molar-refractivity contribution in [2.24, 2.45) is 11.5 Å². The molecule has 0 saturated heterocycles. The van der Waals surface area contributed by atoms with Crippen molar-refractivity contribution < 1.29 is 34.2 Å². The summed E-state index contributed by atoms with van der Waals surface area (Å²) in [6.07, 6.45) is -1.49. The van der Waals surface area contributed by atoms with Crippen LogP contribution in [0.4, 0.5) is 0 Å². The van der Waals surface area contributed by atoms with Crippen LogP contribution in [0.5, 0.6) is 0 Å². The molecule has 0 radical (unpaired) electrons. The van der Waals surface area contributed by atoms with Gasteiger partial charge in [-0.2, -0.15) is 12.6 Å². The van der Waals surface area contributed by atoms with Gasteiger partial charge >= 0.3 is 5.97 Å². The fourth-order valence-electron chi connectivity index (χ4n) is 1.80. The molecule has 0 rings (SSSR count). The van der Waals surface area contributed by atoms with Crippen LogP contribution < -0.4 is 27.4 Å². The van der Waals surface area contributed by atoms with Gasteiger partial charge in [0, 0.05) is 12.2 Å². The summed E-state index contributed by atoms with van der Waals surface area (Å²) in [5, 5.41) is 25.0. The van der Waals surface area contributed by atoms with E-state index < -0.39 is 60.4 Å². The van der Waals surface area contributed by atoms with E-state index >= 15 is 0 Å². The van der Waals surface area contributed by atoms with Gasteiger partial charge in [-0.05, 0) is 13.3 Å². The number of aliphatic carboxylic acids is 1. The predicted octanol–water partition coefficient (Wildman–Crippen LogP) is -3.94. The molecule has 0 spiro atoms. The number of hydrogen-bond acceptors (Lipinski definition) is 8. The van der Waals surface area contributed by atoms with Gasteiger partial charge in [-0.15, -0.1) is 0 Å². The molecule has 0 aromatic rings. The second-order valence-corrected chi connectivity index (χ2v) is 6.06. The van der Waals surface area contributed by atoms with Crippen LogP contribution >= 0.6 is 12.6 Å². The summed E-state index contributed by atoms with van der Waals surface area (Å²) in [5.41, 5.74) is 10.5. The fraction of sp³-hybridized carbons (Fsp3) is 0.643. The van der Waals surface area contributed by atoms with Gasteiger partial charge in [0.25, 0.3) is 0 Å². The van der Waals surface area contributed by atoms with E-state index in [1.165, 1.54) is 6.92 Å². The van der Waals surface area contributed by atoms with E-state index in [2.05, 4.69) is 28.6 Å². The van der Waals surface area contributed by atoms with Crippen LogP contribution in [0.2, 0.25) is 0 Å². The van der Waals surface area contributed by atoms with Gasteiger partial charge in [-0.3, -0.25) is 19.2 Å². The minimum absolute atomic E-state index is 0.0436. The van der Waals surface area contributed by atoms with E-state index in [0.29, 0.717) is 0 Å². The molecule has 4 amide bonds. The highest BCUT2D eigenvalue weighted by Gasteiger charge is 2.28. The molecule has 0 aliphatic carbocycles. The van der Waals surface area contributed by atoms with Crippen molar-refractivity contribution in [3.8, 4) is 0 Å². The Kier molecular flexibility index (Phi) is 11.0. The maximum atomic E-state index is 12.1. The lowest BCUT2D eigenvalue weighted by atomic mass is 10.1. The second kappa shape index (κ2) is 12.1. The molecule has 0 fully saturated rings. The number of carbonyl (C=O) groups is 5. The quantitative estimate of drug-likeness (QED) is 0.149. The van der Waals surface area contributed by atoms with Crippen LogP contribution in [-0.4, -0.2) is 76.3 Å². The summed E-state index contributed by atoms with van der Waals surface area (Å²) in [6.45, 7) is 0.657. The van der Waals surface area contributed by atoms with Crippen LogP contribution in [0.25, 0.3) is 0 Å². The maximum absolute atomic E-state index is 12.1. The largest absolute Gasteiger partial charge is 0.480 e. The number of amides is 4. The molecule has 9 N–H and O–H groups in total. The topological polar surface area (TPSA) is 214 Å². The summed E-state index contributed by atoms with van der Waals surface area (Å²) in [7, 11) is 0. The summed E-state index contributed by atoms with van der Waals surface area (Å²) < 4.78 is 0. The van der Waals surface area contributed by atoms with Crippen LogP contribution in [0, 0.1) is 0 Å². The van der Waals surface area contributed by atoms with Crippen molar-refractivity contribution in [1.29, 1.82) is 0 Å². The average Bonchev–Trinajstić information content (AvgIpc) is 2.58. The summed E-state index contributed by atoms with van der Waals surface area (Å²) >= 11 is 3.78. The van der Waals surface area contributed by atoms with Crippen LogP contribution in [0.3, 0.4) is 0 Å². The molecule has 0 aromatic heterocycles. The zero-order valence-electron chi connectivity index (χ0n) is 14.7. The Morgan fingerprint density at radius 2 is 1.70 bits per heavy atom. The highest BCUT2D eigenvalue weighted by atomic mass is 32.1. The van der Waals surface area contributed by atoms with Gasteiger partial charge in [0.15, 0.2) is 0 Å². The number of nitrogens with one attached hydrogen (secondary N) is 3. The minimum Gasteiger partial charge on any atom is -0.480 e. The number of hydrogen-bond donors (Lipinski definition) is 8. The Labute approximate surface area is 160 Å². The number of aliphatic hydroxyl groups excluding tert-OH is 1. The highest BCUT2D eigenvalue weighted by Crippen LogP contribution is 1.98. The highest BCUT2D eigenvalue weighted by molar-refractivity contribution is 7.80. The predicted molar refractivity (Wildman–Crippen MR) is 96.4 cm³/mol. The number of carboxylic acid groups (broad SMARTS) is 1. The Morgan fingerprint density at radius 1 is 1.11 bits per heavy atom. The third-order valence-corrected chi connectivity index (χ3v) is 3.71. The normalized spacial score (nSPS) is 15.0. The molecule has 4 atom stereocenters. The number of carboxylic acids is 1. The van der Waals surface area contributed by atoms with Crippen molar-refractivity contribution in [3.05, 3.63) is 0 Å². The van der Waals surface area contributed by atoms with E-state index in [1.54, 1.807) is 0 Å². The molecule has 0 aromatic carbocycles. The van der Waals surface area contributed by atoms with Crippen molar-refractivity contribution in [3.63, 3.8) is 0 Å². The number of primary amides is 1. The Balaban J connectivity index is 4.67. The van der Waals surface area contributed by atoms with Crippen LogP contribution in [0.1, 0.15) is 19.8 Å². The van der Waals surface area contributed by atoms with Gasteiger partial charge in [0.05, 0.1) is 18.7 Å². The van der Waals surface area contributed by atoms with E-state index in [-0.39, 0.29) is 18.6 Å². The first-order chi connectivity index (χ1) is 12.5. The van der Waals surface area contributed by atoms with E-state index in [9.17, 15) is 29.1 Å². The summed E-state index contributed by atoms with van der Waals surface area (Å²) in [4.78, 5) is 57.2. The third kappa shape index (κ3) is 9.77. The number of rotatable bonds is 12. The van der Waals surface area contributed by atoms with E-state index in [4.69, 9.17) is 16.6 Å². The first-order valence-electron chi connectivity index (χ1n) is 7.92. The number of carbonyl (C=O) groups excluding carboxylic acids is 4. The number of nitrogens with two attached hydrogens (primary N) is 2. The zero-order valence-corrected chi connectivity index (χ0v) is 15.6. The van der Waals surface area contributed by atoms with Crippen molar-refractivity contribution >= 4 is 42.2 Å². The molecule has 12 nitrogen and oxygen atoms in total. The summed E-state index contributed by atoms with van der Waals surface area (Å²) in [5.74, 6) is -4.54. The zero-order chi connectivity index (χ0) is 21.1. The Morgan fingerprint density at radius 3 is 2.15 bits per heavy atom. The van der Waals surface area contributed by atoms with Gasteiger partial charge in [0.1, 0.15) is 12.1 Å². The van der Waals surface area contributed by atoms with Gasteiger partial charge in [0.2, 0.25) is 23.6 Å². The third-order valence-electron chi connectivity index (χ3n) is 3.34. The summed E-state index contributed by atoms with van der Waals surface area (Å²) in [6, 6.07) is -3.76. The van der Waals surface area contributed by atoms with Crippen LogP contribution in [-0.2, 0) is 24.0 Å². The van der Waals surface area contributed by atoms with Crippen molar-refractivity contribution in [1.82, 2.24) is 16.0 Å². The fourth-order valence-corrected chi connectivity index (χ4v) is 2.05. The smallest absolute Gasteiger partial charge is 0.327 e. The van der Waals surface area contributed by atoms with Gasteiger partial charge in [-0.1, -0.05) is 0 Å². The molecule has 27 heavy (non-hydrogen) atoms. The molecule has 4 unspecified atom stereocenters. The lowest BCUT2D eigenvalue weighted by Crippen LogP contribution is -2.57. The Hall–Kier alpha value is -2.38. The molecule has 13 heteroatoms. The van der Waals surface area contributed by atoms with Crippen molar-refractivity contribution in [2.75, 3.05) is 12.3 Å².